The van der Waals surface area contributed by atoms with E-state index < -0.39 is 0 Å². The molecule has 1 atom stereocenters. The Morgan fingerprint density at radius 3 is 3.11 bits per heavy atom. The fourth-order valence-electron chi connectivity index (χ4n) is 2.38. The van der Waals surface area contributed by atoms with Gasteiger partial charge in [0, 0.05) is 12.2 Å². The smallest absolute Gasteiger partial charge is 0.244 e. The number of piperidine rings is 1. The molecule has 1 unspecified atom stereocenters. The van der Waals surface area contributed by atoms with E-state index in [0.29, 0.717) is 5.56 Å². The number of hydrogen-bond acceptors (Lipinski definition) is 3. The number of nitrogens with one attached hydrogen (secondary N) is 1. The standard InChI is InChI=1S/C15H19N3O/c1-2-8-17-14-7-4-9-18(15(14)19)13-6-3-5-12(10-13)11-16/h3,5-6,10,14,17H,2,4,7-9H2,1H3. The van der Waals surface area contributed by atoms with Gasteiger partial charge in [0.25, 0.3) is 0 Å². The number of amides is 1. The molecule has 0 radical (unpaired) electrons. The van der Waals surface area contributed by atoms with Crippen molar-refractivity contribution in [3.63, 3.8) is 0 Å². The molecule has 4 heteroatoms. The molecule has 1 amide bonds. The maximum Gasteiger partial charge on any atom is 0.244 e. The average molecular weight is 257 g/mol. The Balaban J connectivity index is 2.14. The van der Waals surface area contributed by atoms with Crippen molar-refractivity contribution in [1.82, 2.24) is 5.32 Å². The normalized spacial score (nSPS) is 19.3. The maximum absolute atomic E-state index is 12.4. The fourth-order valence-corrected chi connectivity index (χ4v) is 2.38. The van der Waals surface area contributed by atoms with Crippen molar-refractivity contribution in [3.8, 4) is 6.07 Å². The second-order valence-electron chi connectivity index (χ2n) is 4.80. The van der Waals surface area contributed by atoms with Gasteiger partial charge < -0.3 is 10.2 Å². The molecule has 0 bridgehead atoms. The van der Waals surface area contributed by atoms with Crippen LogP contribution in [0.5, 0.6) is 0 Å². The number of nitrogens with zero attached hydrogens (tertiary/aromatic N) is 2. The molecule has 1 aliphatic rings. The largest absolute Gasteiger partial charge is 0.311 e. The van der Waals surface area contributed by atoms with Gasteiger partial charge in [-0.2, -0.15) is 5.26 Å². The van der Waals surface area contributed by atoms with E-state index in [1.165, 1.54) is 0 Å². The Hall–Kier alpha value is -1.86. The average Bonchev–Trinajstić information content (AvgIpc) is 2.46. The van der Waals surface area contributed by atoms with Crippen LogP contribution in [0.4, 0.5) is 5.69 Å². The predicted octanol–water partition coefficient (Wildman–Crippen LogP) is 2.05. The van der Waals surface area contributed by atoms with E-state index in [2.05, 4.69) is 18.3 Å². The summed E-state index contributed by atoms with van der Waals surface area (Å²) >= 11 is 0. The van der Waals surface area contributed by atoms with Gasteiger partial charge in [-0.25, -0.2) is 0 Å². The third-order valence-electron chi connectivity index (χ3n) is 3.37. The summed E-state index contributed by atoms with van der Waals surface area (Å²) in [6.45, 7) is 3.69. The van der Waals surface area contributed by atoms with E-state index in [4.69, 9.17) is 5.26 Å². The third-order valence-corrected chi connectivity index (χ3v) is 3.37. The van der Waals surface area contributed by atoms with Gasteiger partial charge in [-0.1, -0.05) is 13.0 Å². The molecule has 0 saturated carbocycles. The molecular formula is C15H19N3O. The molecule has 0 aliphatic carbocycles. The summed E-state index contributed by atoms with van der Waals surface area (Å²) in [5, 5.41) is 12.2. The van der Waals surface area contributed by atoms with Crippen molar-refractivity contribution < 1.29 is 4.79 Å². The summed E-state index contributed by atoms with van der Waals surface area (Å²) < 4.78 is 0. The Morgan fingerprint density at radius 2 is 2.37 bits per heavy atom. The van der Waals surface area contributed by atoms with Crippen molar-refractivity contribution in [2.45, 2.75) is 32.2 Å². The van der Waals surface area contributed by atoms with Gasteiger partial charge >= 0.3 is 0 Å². The molecule has 1 aliphatic heterocycles. The maximum atomic E-state index is 12.4. The van der Waals surface area contributed by atoms with Crippen LogP contribution in [0.1, 0.15) is 31.7 Å². The molecule has 1 N–H and O–H groups in total. The van der Waals surface area contributed by atoms with Crippen LogP contribution in [-0.2, 0) is 4.79 Å². The molecule has 0 aromatic heterocycles. The molecular weight excluding hydrogens is 238 g/mol. The SMILES string of the molecule is CCCNC1CCCN(c2cccc(C#N)c2)C1=O. The van der Waals surface area contributed by atoms with Crippen molar-refractivity contribution in [2.24, 2.45) is 0 Å². The minimum Gasteiger partial charge on any atom is -0.311 e. The van der Waals surface area contributed by atoms with E-state index in [-0.39, 0.29) is 11.9 Å². The highest BCUT2D eigenvalue weighted by Crippen LogP contribution is 2.22. The molecule has 2 rings (SSSR count). The van der Waals surface area contributed by atoms with Gasteiger partial charge in [0.2, 0.25) is 5.91 Å². The zero-order valence-corrected chi connectivity index (χ0v) is 11.2. The molecule has 100 valence electrons. The van der Waals surface area contributed by atoms with Crippen LogP contribution in [-0.4, -0.2) is 25.0 Å². The molecule has 19 heavy (non-hydrogen) atoms. The van der Waals surface area contributed by atoms with E-state index in [0.717, 1.165) is 38.0 Å². The second kappa shape index (κ2) is 6.35. The summed E-state index contributed by atoms with van der Waals surface area (Å²) in [7, 11) is 0. The highest BCUT2D eigenvalue weighted by molar-refractivity contribution is 5.98. The van der Waals surface area contributed by atoms with Crippen molar-refractivity contribution >= 4 is 11.6 Å². The Morgan fingerprint density at radius 1 is 1.53 bits per heavy atom. The van der Waals surface area contributed by atoms with Gasteiger partial charge in [0.1, 0.15) is 0 Å². The predicted molar refractivity (Wildman–Crippen MR) is 74.8 cm³/mol. The Kier molecular flexibility index (Phi) is 4.53. The lowest BCUT2D eigenvalue weighted by Crippen LogP contribution is -2.51. The van der Waals surface area contributed by atoms with Crippen LogP contribution in [0.25, 0.3) is 0 Å². The van der Waals surface area contributed by atoms with Crippen molar-refractivity contribution in [2.75, 3.05) is 18.0 Å². The summed E-state index contributed by atoms with van der Waals surface area (Å²) in [5.41, 5.74) is 1.42. The van der Waals surface area contributed by atoms with Crippen LogP contribution >= 0.6 is 0 Å². The summed E-state index contributed by atoms with van der Waals surface area (Å²) in [5.74, 6) is 0.120. The monoisotopic (exact) mass is 257 g/mol. The first-order valence-corrected chi connectivity index (χ1v) is 6.81. The lowest BCUT2D eigenvalue weighted by Gasteiger charge is -2.32. The minimum absolute atomic E-state index is 0.0839. The summed E-state index contributed by atoms with van der Waals surface area (Å²) in [6, 6.07) is 9.28. The lowest BCUT2D eigenvalue weighted by molar-refractivity contribution is -0.121. The van der Waals surface area contributed by atoms with Gasteiger partial charge in [-0.15, -0.1) is 0 Å². The quantitative estimate of drug-likeness (QED) is 0.898. The van der Waals surface area contributed by atoms with Gasteiger partial charge in [-0.3, -0.25) is 4.79 Å². The number of nitriles is 1. The van der Waals surface area contributed by atoms with Gasteiger partial charge in [0.15, 0.2) is 0 Å². The molecule has 1 saturated heterocycles. The first-order chi connectivity index (χ1) is 9.26. The van der Waals surface area contributed by atoms with Crippen LogP contribution in [0.2, 0.25) is 0 Å². The van der Waals surface area contributed by atoms with Crippen LogP contribution < -0.4 is 10.2 Å². The molecule has 1 heterocycles. The molecule has 1 aromatic carbocycles. The number of carbonyl (C=O) groups is 1. The summed E-state index contributed by atoms with van der Waals surface area (Å²) in [4.78, 5) is 14.2. The molecule has 1 aromatic rings. The topological polar surface area (TPSA) is 56.1 Å². The van der Waals surface area contributed by atoms with Crippen molar-refractivity contribution in [1.29, 1.82) is 5.26 Å². The van der Waals surface area contributed by atoms with Crippen LogP contribution in [0.15, 0.2) is 24.3 Å². The minimum atomic E-state index is -0.0839. The number of carbonyl (C=O) groups excluding carboxylic acids is 1. The van der Waals surface area contributed by atoms with E-state index >= 15 is 0 Å². The fraction of sp³-hybridized carbons (Fsp3) is 0.467. The third kappa shape index (κ3) is 3.12. The van der Waals surface area contributed by atoms with Gasteiger partial charge in [0.05, 0.1) is 17.7 Å². The number of anilines is 1. The van der Waals surface area contributed by atoms with Gasteiger partial charge in [-0.05, 0) is 44.0 Å². The first-order valence-electron chi connectivity index (χ1n) is 6.81. The highest BCUT2D eigenvalue weighted by atomic mass is 16.2. The molecule has 4 nitrogen and oxygen atoms in total. The Labute approximate surface area is 114 Å². The zero-order valence-electron chi connectivity index (χ0n) is 11.2. The first kappa shape index (κ1) is 13.6. The number of hydrogen-bond donors (Lipinski definition) is 1. The van der Waals surface area contributed by atoms with E-state index in [1.807, 2.05) is 12.1 Å². The molecule has 0 spiro atoms. The second-order valence-corrected chi connectivity index (χ2v) is 4.80. The zero-order chi connectivity index (χ0) is 13.7. The van der Waals surface area contributed by atoms with Crippen molar-refractivity contribution in [3.05, 3.63) is 29.8 Å². The number of rotatable bonds is 4. The Bertz CT molecular complexity index is 492. The van der Waals surface area contributed by atoms with E-state index in [1.54, 1.807) is 17.0 Å². The molecule has 1 fully saturated rings. The van der Waals surface area contributed by atoms with Crippen LogP contribution in [0.3, 0.4) is 0 Å². The lowest BCUT2D eigenvalue weighted by atomic mass is 10.0. The number of benzene rings is 1. The van der Waals surface area contributed by atoms with E-state index in [9.17, 15) is 4.79 Å². The van der Waals surface area contributed by atoms with Crippen LogP contribution in [0, 0.1) is 11.3 Å². The highest BCUT2D eigenvalue weighted by Gasteiger charge is 2.28. The summed E-state index contributed by atoms with van der Waals surface area (Å²) in [6.07, 6.45) is 2.91.